The molecule has 0 spiro atoms. The number of aliphatic hydroxyl groups is 1. The highest BCUT2D eigenvalue weighted by atomic mass is 127. The van der Waals surface area contributed by atoms with Crippen molar-refractivity contribution in [1.29, 1.82) is 0 Å². The maximum absolute atomic E-state index is 9.47. The molecule has 1 fully saturated rings. The number of hydrogen-bond donors (Lipinski definition) is 3. The first kappa shape index (κ1) is 23.0. The Bertz CT molecular complexity index is 533. The van der Waals surface area contributed by atoms with E-state index >= 15 is 0 Å². The fourth-order valence-corrected chi connectivity index (χ4v) is 2.44. The molecule has 7 heteroatoms. The van der Waals surface area contributed by atoms with Gasteiger partial charge in [0.05, 0.1) is 20.3 Å². The first-order chi connectivity index (χ1) is 12.2. The number of hydrogen-bond acceptors (Lipinski definition) is 4. The molecule has 0 heterocycles. The molecule has 0 bridgehead atoms. The van der Waals surface area contributed by atoms with Gasteiger partial charge in [-0.15, -0.1) is 24.0 Å². The maximum atomic E-state index is 9.47. The van der Waals surface area contributed by atoms with Gasteiger partial charge in [0, 0.05) is 31.7 Å². The molecule has 1 aromatic rings. The van der Waals surface area contributed by atoms with Crippen LogP contribution in [-0.4, -0.2) is 51.1 Å². The minimum atomic E-state index is 0. The molecule has 0 unspecified atom stereocenters. The molecule has 26 heavy (non-hydrogen) atoms. The van der Waals surface area contributed by atoms with Crippen LogP contribution in [0, 0.1) is 5.41 Å². The quantitative estimate of drug-likeness (QED) is 0.198. The molecule has 1 aromatic carbocycles. The van der Waals surface area contributed by atoms with Gasteiger partial charge in [0.15, 0.2) is 5.96 Å². The van der Waals surface area contributed by atoms with Crippen molar-refractivity contribution in [3.05, 3.63) is 29.8 Å². The van der Waals surface area contributed by atoms with Crippen molar-refractivity contribution in [3.63, 3.8) is 0 Å². The second-order valence-electron chi connectivity index (χ2n) is 6.50. The summed E-state index contributed by atoms with van der Waals surface area (Å²) in [6.07, 6.45) is 3.08. The van der Waals surface area contributed by atoms with Crippen molar-refractivity contribution in [1.82, 2.24) is 10.6 Å². The molecule has 0 atom stereocenters. The number of aliphatic imine (C=N–C) groups is 1. The van der Waals surface area contributed by atoms with Gasteiger partial charge in [-0.1, -0.05) is 12.1 Å². The van der Waals surface area contributed by atoms with Crippen molar-refractivity contribution >= 4 is 29.9 Å². The van der Waals surface area contributed by atoms with E-state index in [0.717, 1.165) is 62.8 Å². The van der Waals surface area contributed by atoms with Gasteiger partial charge in [-0.25, -0.2) is 4.99 Å². The molecule has 148 valence electrons. The molecule has 0 saturated heterocycles. The molecule has 2 rings (SSSR count). The van der Waals surface area contributed by atoms with E-state index in [-0.39, 0.29) is 36.0 Å². The zero-order valence-electron chi connectivity index (χ0n) is 15.8. The fourth-order valence-electron chi connectivity index (χ4n) is 2.44. The molecule has 0 aliphatic heterocycles. The number of benzene rings is 1. The van der Waals surface area contributed by atoms with Crippen LogP contribution in [0.1, 0.15) is 31.7 Å². The SMILES string of the molecule is CCOCCCNC(=NCc1ccc(OC)cc1)NCC1(CO)CC1.I. The largest absolute Gasteiger partial charge is 0.497 e. The van der Waals surface area contributed by atoms with Crippen LogP contribution >= 0.6 is 24.0 Å². The number of rotatable bonds is 11. The van der Waals surface area contributed by atoms with Crippen LogP contribution in [0.15, 0.2) is 29.3 Å². The molecule has 0 radical (unpaired) electrons. The highest BCUT2D eigenvalue weighted by molar-refractivity contribution is 14.0. The summed E-state index contributed by atoms with van der Waals surface area (Å²) in [5.74, 6) is 1.63. The zero-order chi connectivity index (χ0) is 18.0. The topological polar surface area (TPSA) is 75.1 Å². The molecule has 0 aromatic heterocycles. The van der Waals surface area contributed by atoms with E-state index in [1.54, 1.807) is 7.11 Å². The summed E-state index contributed by atoms with van der Waals surface area (Å²) in [7, 11) is 1.66. The van der Waals surface area contributed by atoms with Gasteiger partial charge < -0.3 is 25.2 Å². The highest BCUT2D eigenvalue weighted by Crippen LogP contribution is 2.44. The van der Waals surface area contributed by atoms with E-state index in [1.807, 2.05) is 31.2 Å². The van der Waals surface area contributed by atoms with Crippen molar-refractivity contribution in [2.45, 2.75) is 32.7 Å². The summed E-state index contributed by atoms with van der Waals surface area (Å²) in [5, 5.41) is 16.2. The third kappa shape index (κ3) is 8.09. The number of nitrogens with zero attached hydrogens (tertiary/aromatic N) is 1. The van der Waals surface area contributed by atoms with Crippen molar-refractivity contribution in [2.24, 2.45) is 10.4 Å². The van der Waals surface area contributed by atoms with Gasteiger partial charge in [-0.3, -0.25) is 0 Å². The van der Waals surface area contributed by atoms with Crippen LogP contribution in [0.2, 0.25) is 0 Å². The van der Waals surface area contributed by atoms with E-state index in [9.17, 15) is 5.11 Å². The predicted octanol–water partition coefficient (Wildman–Crippen LogP) is 2.55. The first-order valence-electron chi connectivity index (χ1n) is 9.05. The molecule has 1 aliphatic rings. The van der Waals surface area contributed by atoms with E-state index < -0.39 is 0 Å². The van der Waals surface area contributed by atoms with Crippen molar-refractivity contribution in [3.8, 4) is 5.75 Å². The van der Waals surface area contributed by atoms with Gasteiger partial charge in [0.2, 0.25) is 0 Å². The number of aliphatic hydroxyl groups excluding tert-OH is 1. The first-order valence-corrected chi connectivity index (χ1v) is 9.05. The van der Waals surface area contributed by atoms with E-state index in [0.29, 0.717) is 6.54 Å². The number of guanidine groups is 1. The van der Waals surface area contributed by atoms with Gasteiger partial charge in [-0.2, -0.15) is 0 Å². The van der Waals surface area contributed by atoms with Gasteiger partial charge >= 0.3 is 0 Å². The standard InChI is InChI=1S/C19H31N3O3.HI/c1-3-25-12-4-11-20-18(22-14-19(15-23)9-10-19)21-13-16-5-7-17(24-2)8-6-16;/h5-8,23H,3-4,9-15H2,1-2H3,(H2,20,21,22);1H. The maximum Gasteiger partial charge on any atom is 0.191 e. The van der Waals surface area contributed by atoms with Gasteiger partial charge in [0.25, 0.3) is 0 Å². The Morgan fingerprint density at radius 1 is 1.23 bits per heavy atom. The van der Waals surface area contributed by atoms with E-state index in [2.05, 4.69) is 15.6 Å². The minimum Gasteiger partial charge on any atom is -0.497 e. The van der Waals surface area contributed by atoms with Crippen LogP contribution in [0.5, 0.6) is 5.75 Å². The average Bonchev–Trinajstić information content (AvgIpc) is 3.44. The third-order valence-electron chi connectivity index (χ3n) is 4.46. The van der Waals surface area contributed by atoms with Crippen molar-refractivity contribution in [2.75, 3.05) is 40.0 Å². The van der Waals surface area contributed by atoms with E-state index in [1.165, 1.54) is 0 Å². The highest BCUT2D eigenvalue weighted by Gasteiger charge is 2.41. The summed E-state index contributed by atoms with van der Waals surface area (Å²) in [6, 6.07) is 7.92. The lowest BCUT2D eigenvalue weighted by Crippen LogP contribution is -2.41. The van der Waals surface area contributed by atoms with Crippen LogP contribution in [0.4, 0.5) is 0 Å². The molecular weight excluding hydrogens is 445 g/mol. The number of nitrogens with one attached hydrogen (secondary N) is 2. The summed E-state index contributed by atoms with van der Waals surface area (Å²) >= 11 is 0. The van der Waals surface area contributed by atoms with Crippen molar-refractivity contribution < 1.29 is 14.6 Å². The average molecular weight is 477 g/mol. The lowest BCUT2D eigenvalue weighted by molar-refractivity contribution is 0.145. The number of methoxy groups -OCH3 is 1. The second-order valence-corrected chi connectivity index (χ2v) is 6.50. The third-order valence-corrected chi connectivity index (χ3v) is 4.46. The van der Waals surface area contributed by atoms with Crippen LogP contribution < -0.4 is 15.4 Å². The Hall–Kier alpha value is -1.06. The predicted molar refractivity (Wildman–Crippen MR) is 115 cm³/mol. The van der Waals surface area contributed by atoms with Crippen LogP contribution in [-0.2, 0) is 11.3 Å². The Morgan fingerprint density at radius 3 is 2.54 bits per heavy atom. The monoisotopic (exact) mass is 477 g/mol. The smallest absolute Gasteiger partial charge is 0.191 e. The zero-order valence-corrected chi connectivity index (χ0v) is 18.1. The summed E-state index contributed by atoms with van der Waals surface area (Å²) in [4.78, 5) is 4.66. The van der Waals surface area contributed by atoms with E-state index in [4.69, 9.17) is 9.47 Å². The lowest BCUT2D eigenvalue weighted by atomic mass is 10.1. The Morgan fingerprint density at radius 2 is 1.96 bits per heavy atom. The van der Waals surface area contributed by atoms with Crippen LogP contribution in [0.3, 0.4) is 0 Å². The van der Waals surface area contributed by atoms with Crippen LogP contribution in [0.25, 0.3) is 0 Å². The molecule has 3 N–H and O–H groups in total. The summed E-state index contributed by atoms with van der Waals surface area (Å²) in [6.45, 7) is 5.88. The normalized spacial score (nSPS) is 15.1. The molecule has 1 saturated carbocycles. The minimum absolute atomic E-state index is 0. The second kappa shape index (κ2) is 12.3. The number of halogens is 1. The van der Waals surface area contributed by atoms with Gasteiger partial charge in [0.1, 0.15) is 5.75 Å². The molecule has 1 aliphatic carbocycles. The Balaban J connectivity index is 0.00000338. The number of ether oxygens (including phenoxy) is 2. The lowest BCUT2D eigenvalue weighted by Gasteiger charge is -2.17. The summed E-state index contributed by atoms with van der Waals surface area (Å²) in [5.41, 5.74) is 1.17. The molecule has 0 amide bonds. The summed E-state index contributed by atoms with van der Waals surface area (Å²) < 4.78 is 10.5. The Kier molecular flexibility index (Phi) is 10.9. The van der Waals surface area contributed by atoms with Gasteiger partial charge in [-0.05, 0) is 43.9 Å². The molecular formula is C19H32IN3O3. The molecule has 6 nitrogen and oxygen atoms in total. The Labute approximate surface area is 173 Å². The fraction of sp³-hybridized carbons (Fsp3) is 0.632.